The van der Waals surface area contributed by atoms with Crippen LogP contribution in [0.15, 0.2) is 24.3 Å². The van der Waals surface area contributed by atoms with Crippen LogP contribution < -0.4 is 20.1 Å². The summed E-state index contributed by atoms with van der Waals surface area (Å²) in [5.41, 5.74) is 2.37. The summed E-state index contributed by atoms with van der Waals surface area (Å²) in [7, 11) is 2.21. The molecule has 4 aliphatic heterocycles. The van der Waals surface area contributed by atoms with Crippen LogP contribution in [0.1, 0.15) is 43.2 Å². The molecule has 0 radical (unpaired) electrons. The number of esters is 1. The van der Waals surface area contributed by atoms with Crippen molar-refractivity contribution in [1.82, 2.24) is 15.5 Å². The van der Waals surface area contributed by atoms with Crippen LogP contribution in [-0.2, 0) is 30.8 Å². The Balaban J connectivity index is 0.760. The zero-order chi connectivity index (χ0) is 31.0. The first-order valence-electron chi connectivity index (χ1n) is 16.5. The number of amides is 2. The van der Waals surface area contributed by atoms with Crippen molar-refractivity contribution in [3.63, 3.8) is 0 Å². The fraction of sp³-hybridized carbons (Fsp3) is 0.697. The molecule has 1 aromatic rings. The first-order chi connectivity index (χ1) is 22.0. The number of thioether (sulfide) groups is 1. The number of piperidine rings is 1. The Kier molecular flexibility index (Phi) is 9.20. The van der Waals surface area contributed by atoms with E-state index in [1.807, 2.05) is 23.9 Å². The Morgan fingerprint density at radius 1 is 1.11 bits per heavy atom. The maximum absolute atomic E-state index is 12.0. The summed E-state index contributed by atoms with van der Waals surface area (Å²) >= 11 is 1.89. The van der Waals surface area contributed by atoms with E-state index in [0.717, 1.165) is 50.2 Å². The van der Waals surface area contributed by atoms with Crippen molar-refractivity contribution < 1.29 is 38.4 Å². The third-order valence-electron chi connectivity index (χ3n) is 10.5. The summed E-state index contributed by atoms with van der Waals surface area (Å²) in [6.07, 6.45) is 8.28. The van der Waals surface area contributed by atoms with Gasteiger partial charge in [-0.25, -0.2) is 4.79 Å². The van der Waals surface area contributed by atoms with Crippen molar-refractivity contribution in [3.05, 3.63) is 35.4 Å². The third-order valence-corrected chi connectivity index (χ3v) is 12.0. The monoisotopic (exact) mass is 643 g/mol. The number of hydrogen-bond acceptors (Lipinski definition) is 10. The number of nitrogens with one attached hydrogen (secondary N) is 2. The number of unbranched alkanes of at least 4 members (excludes halogenated alkanes) is 1. The lowest BCUT2D eigenvalue weighted by atomic mass is 9.53. The van der Waals surface area contributed by atoms with Gasteiger partial charge in [0.15, 0.2) is 11.5 Å². The van der Waals surface area contributed by atoms with Gasteiger partial charge in [0.05, 0.1) is 38.5 Å². The Hall–Kier alpha value is -2.51. The average Bonchev–Trinajstić information content (AvgIpc) is 3.70. The summed E-state index contributed by atoms with van der Waals surface area (Å²) in [6.45, 7) is 3.17. The first-order valence-corrected chi connectivity index (χ1v) is 17.5. The number of carbonyl (C=O) groups is 2. The molecule has 0 unspecified atom stereocenters. The quantitative estimate of drug-likeness (QED) is 0.113. The molecule has 7 rings (SSSR count). The third kappa shape index (κ3) is 5.93. The molecular weight excluding hydrogens is 598 g/mol. The summed E-state index contributed by atoms with van der Waals surface area (Å²) in [5, 5.41) is 17.3. The molecule has 1 spiro atoms. The van der Waals surface area contributed by atoms with E-state index in [1.165, 1.54) is 11.1 Å². The highest BCUT2D eigenvalue weighted by Crippen LogP contribution is 2.62. The fourth-order valence-electron chi connectivity index (χ4n) is 8.42. The van der Waals surface area contributed by atoms with Gasteiger partial charge < -0.3 is 44.3 Å². The van der Waals surface area contributed by atoms with E-state index < -0.39 is 6.10 Å². The fourth-order valence-corrected chi connectivity index (χ4v) is 9.96. The summed E-state index contributed by atoms with van der Waals surface area (Å²) in [4.78, 5) is 26.0. The molecule has 8 atom stereocenters. The number of aliphatic hydroxyl groups is 1. The van der Waals surface area contributed by atoms with Crippen molar-refractivity contribution in [2.24, 2.45) is 5.92 Å². The molecule has 3 saturated heterocycles. The predicted molar refractivity (Wildman–Crippen MR) is 168 cm³/mol. The average molecular weight is 644 g/mol. The number of ether oxygens (including phenoxy) is 5. The number of hydrogen-bond donors (Lipinski definition) is 3. The zero-order valence-electron chi connectivity index (χ0n) is 25.9. The maximum atomic E-state index is 12.0. The number of aliphatic hydroxyl groups excluding tert-OH is 1. The minimum Gasteiger partial charge on any atom is -0.487 e. The van der Waals surface area contributed by atoms with Crippen LogP contribution in [0.5, 0.6) is 11.5 Å². The highest BCUT2D eigenvalue weighted by atomic mass is 32.2. The second-order valence-electron chi connectivity index (χ2n) is 13.1. The first kappa shape index (κ1) is 31.1. The molecule has 12 heteroatoms. The van der Waals surface area contributed by atoms with Crippen molar-refractivity contribution >= 4 is 23.8 Å². The summed E-state index contributed by atoms with van der Waals surface area (Å²) in [5.74, 6) is 2.59. The van der Waals surface area contributed by atoms with Gasteiger partial charge in [-0.2, -0.15) is 11.8 Å². The normalized spacial score (nSPS) is 33.6. The maximum Gasteiger partial charge on any atom is 0.315 e. The van der Waals surface area contributed by atoms with Crippen molar-refractivity contribution in [2.75, 3.05) is 59.0 Å². The molecule has 2 bridgehead atoms. The van der Waals surface area contributed by atoms with Gasteiger partial charge in [0.25, 0.3) is 0 Å². The number of carbonyl (C=O) groups excluding carboxylic acids is 2. The largest absolute Gasteiger partial charge is 0.487 e. The minimum atomic E-state index is -0.625. The van der Waals surface area contributed by atoms with Crippen LogP contribution in [0, 0.1) is 5.92 Å². The number of fused-ring (bicyclic) bond motifs is 1. The van der Waals surface area contributed by atoms with E-state index in [4.69, 9.17) is 23.7 Å². The van der Waals surface area contributed by atoms with E-state index in [2.05, 4.69) is 34.7 Å². The van der Waals surface area contributed by atoms with Crippen LogP contribution in [0.4, 0.5) is 4.79 Å². The highest BCUT2D eigenvalue weighted by molar-refractivity contribution is 8.00. The summed E-state index contributed by atoms with van der Waals surface area (Å²) in [6, 6.07) is 4.97. The van der Waals surface area contributed by atoms with Crippen LogP contribution in [0.3, 0.4) is 0 Å². The van der Waals surface area contributed by atoms with E-state index in [1.54, 1.807) is 0 Å². The molecule has 11 nitrogen and oxygen atoms in total. The number of nitrogens with zero attached hydrogens (tertiary/aromatic N) is 1. The van der Waals surface area contributed by atoms with Gasteiger partial charge in [-0.3, -0.25) is 4.79 Å². The smallest absolute Gasteiger partial charge is 0.315 e. The minimum absolute atomic E-state index is 0.0671. The lowest BCUT2D eigenvalue weighted by molar-refractivity contribution is -0.145. The van der Waals surface area contributed by atoms with E-state index in [9.17, 15) is 14.7 Å². The Labute approximate surface area is 268 Å². The highest BCUT2D eigenvalue weighted by Gasteiger charge is 2.64. The number of likely N-dealkylation sites (N-methyl/N-ethyl adjacent to an activating group) is 1. The molecule has 246 valence electrons. The van der Waals surface area contributed by atoms with Crippen molar-refractivity contribution in [2.45, 2.75) is 79.5 Å². The molecule has 45 heavy (non-hydrogen) atoms. The van der Waals surface area contributed by atoms with Gasteiger partial charge in [-0.15, -0.1) is 0 Å². The topological polar surface area (TPSA) is 128 Å². The zero-order valence-corrected chi connectivity index (χ0v) is 26.7. The summed E-state index contributed by atoms with van der Waals surface area (Å²) < 4.78 is 29.2. The number of urea groups is 1. The van der Waals surface area contributed by atoms with E-state index in [0.29, 0.717) is 62.4 Å². The van der Waals surface area contributed by atoms with Gasteiger partial charge in [-0.1, -0.05) is 24.6 Å². The molecule has 4 heterocycles. The molecular formula is C33H45N3O8S. The van der Waals surface area contributed by atoms with Crippen LogP contribution in [0.25, 0.3) is 0 Å². The molecule has 3 N–H and O–H groups in total. The lowest BCUT2D eigenvalue weighted by Crippen LogP contribution is -2.64. The molecule has 0 saturated carbocycles. The number of rotatable bonds is 15. The van der Waals surface area contributed by atoms with Crippen molar-refractivity contribution in [3.8, 4) is 11.5 Å². The van der Waals surface area contributed by atoms with Gasteiger partial charge >= 0.3 is 12.0 Å². The van der Waals surface area contributed by atoms with Gasteiger partial charge in [0.1, 0.15) is 25.4 Å². The van der Waals surface area contributed by atoms with Gasteiger partial charge in [0.2, 0.25) is 0 Å². The lowest BCUT2D eigenvalue weighted by Gasteiger charge is -2.56. The van der Waals surface area contributed by atoms with Gasteiger partial charge in [-0.05, 0) is 50.9 Å². The molecule has 2 amide bonds. The Morgan fingerprint density at radius 3 is 2.80 bits per heavy atom. The Bertz CT molecular complexity index is 1300. The SMILES string of the molecule is CN1CC[C@]23c4c5ccc(OCCOCCOCCOC(=O)CCCC[C@@H]6SC[C@@H]7NC(=O)N[C@@H]76)c4O[C@H]2[C@@H](O)C=C[C@H]3[C@H]1C5. The van der Waals surface area contributed by atoms with Crippen LogP contribution >= 0.6 is 11.8 Å². The van der Waals surface area contributed by atoms with Crippen LogP contribution in [0.2, 0.25) is 0 Å². The predicted octanol–water partition coefficient (Wildman–Crippen LogP) is 2.17. The molecule has 2 aliphatic carbocycles. The second-order valence-corrected chi connectivity index (χ2v) is 14.3. The molecule has 3 fully saturated rings. The standard InChI is InChI=1S/C33H45N3O8S/c1-36-11-10-33-21-7-8-24(37)31(33)44-30-25(9-6-20(28(30)33)18-23(21)36)42-16-14-40-12-13-41-15-17-43-27(38)5-3-2-4-26-29-22(19-45-26)34-32(39)35-29/h6-9,21-24,26,29,31,37H,2-5,10-19H2,1H3,(H2,34,35,39)/t21-,22-,23+,24-,26-,29-,31-,33-/m0/s1. The van der Waals surface area contributed by atoms with Gasteiger partial charge in [0, 0.05) is 40.4 Å². The van der Waals surface area contributed by atoms with Crippen molar-refractivity contribution in [1.29, 1.82) is 0 Å². The molecule has 1 aromatic carbocycles. The number of benzene rings is 1. The van der Waals surface area contributed by atoms with E-state index >= 15 is 0 Å². The molecule has 0 aromatic heterocycles. The van der Waals surface area contributed by atoms with Crippen LogP contribution in [-0.4, -0.2) is 117 Å². The number of likely N-dealkylation sites (tertiary alicyclic amines) is 1. The molecule has 6 aliphatic rings. The Morgan fingerprint density at radius 2 is 1.93 bits per heavy atom. The van der Waals surface area contributed by atoms with E-state index in [-0.39, 0.29) is 42.2 Å². The second kappa shape index (κ2) is 13.3.